The molecule has 0 bridgehead atoms. The first-order chi connectivity index (χ1) is 6.79. The van der Waals surface area contributed by atoms with Gasteiger partial charge in [-0.1, -0.05) is 6.07 Å². The zero-order valence-corrected chi connectivity index (χ0v) is 7.18. The molecule has 1 aliphatic heterocycles. The lowest BCUT2D eigenvalue weighted by Crippen LogP contribution is -1.99. The Balaban J connectivity index is 2.61. The third kappa shape index (κ3) is 1.37. The van der Waals surface area contributed by atoms with E-state index >= 15 is 0 Å². The molecule has 14 heavy (non-hydrogen) atoms. The van der Waals surface area contributed by atoms with Gasteiger partial charge >= 0.3 is 5.97 Å². The van der Waals surface area contributed by atoms with Crippen LogP contribution in [-0.2, 0) is 0 Å². The summed E-state index contributed by atoms with van der Waals surface area (Å²) in [6.07, 6.45) is 4.56. The van der Waals surface area contributed by atoms with Gasteiger partial charge in [0.1, 0.15) is 11.3 Å². The van der Waals surface area contributed by atoms with Gasteiger partial charge in [0.15, 0.2) is 5.75 Å². The normalized spacial score (nSPS) is 12.9. The maximum atomic E-state index is 10.8. The molecule has 1 heterocycles. The molecule has 1 aromatic rings. The Morgan fingerprint density at radius 2 is 2.29 bits per heavy atom. The van der Waals surface area contributed by atoms with Gasteiger partial charge in [0.2, 0.25) is 0 Å². The first-order valence-electron chi connectivity index (χ1n) is 4.01. The van der Waals surface area contributed by atoms with Crippen molar-refractivity contribution in [2.24, 2.45) is 4.99 Å². The predicted octanol–water partition coefficient (Wildman–Crippen LogP) is 1.99. The number of rotatable bonds is 1. The molecule has 0 radical (unpaired) electrons. The van der Waals surface area contributed by atoms with E-state index in [1.54, 1.807) is 24.4 Å². The van der Waals surface area contributed by atoms with Crippen LogP contribution in [0.4, 0.5) is 5.69 Å². The SMILES string of the molecule is O=C(O)c1cccc2c1OC=CC=N2. The molecule has 4 nitrogen and oxygen atoms in total. The number of hydrogen-bond acceptors (Lipinski definition) is 3. The Bertz CT molecular complexity index is 435. The van der Waals surface area contributed by atoms with Crippen LogP contribution < -0.4 is 4.74 Å². The van der Waals surface area contributed by atoms with Crippen molar-refractivity contribution in [3.8, 4) is 5.75 Å². The number of hydrogen-bond donors (Lipinski definition) is 1. The van der Waals surface area contributed by atoms with Crippen molar-refractivity contribution in [2.45, 2.75) is 0 Å². The summed E-state index contributed by atoms with van der Waals surface area (Å²) in [4.78, 5) is 14.9. The Labute approximate surface area is 80.2 Å². The summed E-state index contributed by atoms with van der Waals surface area (Å²) in [5.41, 5.74) is 0.640. The number of carboxylic acid groups (broad SMARTS) is 1. The summed E-state index contributed by atoms with van der Waals surface area (Å²) in [6.45, 7) is 0. The van der Waals surface area contributed by atoms with Crippen LogP contribution >= 0.6 is 0 Å². The lowest BCUT2D eigenvalue weighted by Gasteiger charge is -2.05. The fraction of sp³-hybridized carbons (Fsp3) is 0. The molecular formula is C10H7NO3. The van der Waals surface area contributed by atoms with Gasteiger partial charge in [0.25, 0.3) is 0 Å². The zero-order valence-electron chi connectivity index (χ0n) is 7.18. The van der Waals surface area contributed by atoms with Gasteiger partial charge in [0, 0.05) is 6.21 Å². The maximum absolute atomic E-state index is 10.8. The summed E-state index contributed by atoms with van der Waals surface area (Å²) in [5.74, 6) is -0.739. The lowest BCUT2D eigenvalue weighted by molar-refractivity contribution is 0.0694. The van der Waals surface area contributed by atoms with E-state index < -0.39 is 5.97 Å². The van der Waals surface area contributed by atoms with E-state index in [0.29, 0.717) is 5.69 Å². The fourth-order valence-electron chi connectivity index (χ4n) is 1.18. The number of para-hydroxylation sites is 1. The molecule has 0 fully saturated rings. The summed E-state index contributed by atoms with van der Waals surface area (Å²) >= 11 is 0. The van der Waals surface area contributed by atoms with Crippen molar-refractivity contribution in [1.82, 2.24) is 0 Å². The molecule has 0 amide bonds. The van der Waals surface area contributed by atoms with Gasteiger partial charge in [-0.05, 0) is 18.2 Å². The number of carboxylic acids is 1. The van der Waals surface area contributed by atoms with Crippen LogP contribution in [0.5, 0.6) is 5.75 Å². The quantitative estimate of drug-likeness (QED) is 0.734. The van der Waals surface area contributed by atoms with Crippen molar-refractivity contribution in [1.29, 1.82) is 0 Å². The monoisotopic (exact) mass is 189 g/mol. The maximum Gasteiger partial charge on any atom is 0.339 e. The average Bonchev–Trinajstić information content (AvgIpc) is 2.41. The molecule has 1 aliphatic rings. The predicted molar refractivity (Wildman–Crippen MR) is 51.3 cm³/mol. The van der Waals surface area contributed by atoms with E-state index in [1.165, 1.54) is 12.3 Å². The number of aliphatic imine (C=N–C) groups is 1. The first kappa shape index (κ1) is 8.50. The third-order valence-electron chi connectivity index (χ3n) is 1.79. The van der Waals surface area contributed by atoms with Crippen molar-refractivity contribution in [3.05, 3.63) is 36.1 Å². The molecule has 0 spiro atoms. The van der Waals surface area contributed by atoms with Gasteiger partial charge < -0.3 is 9.84 Å². The second-order valence-electron chi connectivity index (χ2n) is 2.68. The summed E-state index contributed by atoms with van der Waals surface area (Å²) in [5, 5.41) is 8.88. The zero-order chi connectivity index (χ0) is 9.97. The highest BCUT2D eigenvalue weighted by Crippen LogP contribution is 2.32. The third-order valence-corrected chi connectivity index (χ3v) is 1.79. The number of fused-ring (bicyclic) bond motifs is 1. The van der Waals surface area contributed by atoms with Crippen LogP contribution in [0, 0.1) is 0 Å². The number of aromatic carboxylic acids is 1. The lowest BCUT2D eigenvalue weighted by atomic mass is 10.2. The smallest absolute Gasteiger partial charge is 0.339 e. The van der Waals surface area contributed by atoms with Gasteiger partial charge in [-0.15, -0.1) is 0 Å². The first-order valence-corrected chi connectivity index (χ1v) is 4.01. The Kier molecular flexibility index (Phi) is 2.02. The van der Waals surface area contributed by atoms with Crippen LogP contribution in [0.3, 0.4) is 0 Å². The van der Waals surface area contributed by atoms with Crippen LogP contribution in [0.25, 0.3) is 0 Å². The van der Waals surface area contributed by atoms with Crippen LogP contribution in [-0.4, -0.2) is 17.3 Å². The molecule has 0 saturated heterocycles. The van der Waals surface area contributed by atoms with Gasteiger partial charge in [-0.25, -0.2) is 4.79 Å². The number of benzene rings is 1. The molecule has 0 saturated carbocycles. The number of ether oxygens (including phenoxy) is 1. The molecule has 0 atom stereocenters. The molecule has 70 valence electrons. The summed E-state index contributed by atoms with van der Waals surface area (Å²) < 4.78 is 5.15. The molecular weight excluding hydrogens is 182 g/mol. The minimum Gasteiger partial charge on any atom is -0.478 e. The van der Waals surface area contributed by atoms with E-state index in [1.807, 2.05) is 0 Å². The van der Waals surface area contributed by atoms with Gasteiger partial charge in [0.05, 0.1) is 6.26 Å². The summed E-state index contributed by atoms with van der Waals surface area (Å²) in [6, 6.07) is 4.81. The molecule has 0 unspecified atom stereocenters. The van der Waals surface area contributed by atoms with E-state index in [9.17, 15) is 4.79 Å². The van der Waals surface area contributed by atoms with E-state index in [2.05, 4.69) is 4.99 Å². The highest BCUT2D eigenvalue weighted by atomic mass is 16.5. The highest BCUT2D eigenvalue weighted by molar-refractivity contribution is 5.94. The van der Waals surface area contributed by atoms with E-state index in [0.717, 1.165) is 0 Å². The Morgan fingerprint density at radius 3 is 3.07 bits per heavy atom. The molecule has 4 heteroatoms. The molecule has 2 rings (SSSR count). The van der Waals surface area contributed by atoms with Crippen LogP contribution in [0.2, 0.25) is 0 Å². The largest absolute Gasteiger partial charge is 0.478 e. The minimum atomic E-state index is -1.02. The number of carbonyl (C=O) groups is 1. The van der Waals surface area contributed by atoms with Gasteiger partial charge in [-0.2, -0.15) is 0 Å². The molecule has 0 aliphatic carbocycles. The minimum absolute atomic E-state index is 0.117. The van der Waals surface area contributed by atoms with Crippen LogP contribution in [0.1, 0.15) is 10.4 Å². The molecule has 1 N–H and O–H groups in total. The van der Waals surface area contributed by atoms with E-state index in [-0.39, 0.29) is 11.3 Å². The Hall–Kier alpha value is -2.10. The highest BCUT2D eigenvalue weighted by Gasteiger charge is 2.14. The van der Waals surface area contributed by atoms with Crippen molar-refractivity contribution in [3.63, 3.8) is 0 Å². The second kappa shape index (κ2) is 3.33. The van der Waals surface area contributed by atoms with Crippen molar-refractivity contribution < 1.29 is 14.6 Å². The molecule has 0 aromatic heterocycles. The topological polar surface area (TPSA) is 58.9 Å². The number of allylic oxidation sites excluding steroid dienone is 1. The summed E-state index contributed by atoms with van der Waals surface area (Å²) in [7, 11) is 0. The number of nitrogens with zero attached hydrogens (tertiary/aromatic N) is 1. The molecule has 1 aromatic carbocycles. The standard InChI is InChI=1S/C10H7NO3/c12-10(13)7-3-1-4-8-9(7)14-6-2-5-11-8/h1-6H,(H,12,13). The van der Waals surface area contributed by atoms with Crippen molar-refractivity contribution in [2.75, 3.05) is 0 Å². The average molecular weight is 189 g/mol. The second-order valence-corrected chi connectivity index (χ2v) is 2.68. The Morgan fingerprint density at radius 1 is 1.43 bits per heavy atom. The van der Waals surface area contributed by atoms with Gasteiger partial charge in [-0.3, -0.25) is 4.99 Å². The van der Waals surface area contributed by atoms with Crippen molar-refractivity contribution >= 4 is 17.9 Å². The van der Waals surface area contributed by atoms with E-state index in [4.69, 9.17) is 9.84 Å². The van der Waals surface area contributed by atoms with Crippen LogP contribution in [0.15, 0.2) is 35.5 Å². The fourth-order valence-corrected chi connectivity index (χ4v) is 1.18.